The van der Waals surface area contributed by atoms with Gasteiger partial charge in [-0.3, -0.25) is 0 Å². The molecule has 1 nitrogen and oxygen atoms in total. The molecule has 0 bridgehead atoms. The van der Waals surface area contributed by atoms with Gasteiger partial charge in [0.2, 0.25) is 0 Å². The molecule has 0 fully saturated rings. The van der Waals surface area contributed by atoms with E-state index in [4.69, 9.17) is 4.43 Å². The summed E-state index contributed by atoms with van der Waals surface area (Å²) < 4.78 is 6.60. The summed E-state index contributed by atoms with van der Waals surface area (Å²) in [5.74, 6) is 0.727. The van der Waals surface area contributed by atoms with Crippen LogP contribution < -0.4 is 0 Å². The van der Waals surface area contributed by atoms with E-state index in [1.165, 1.54) is 6.04 Å². The summed E-state index contributed by atoms with van der Waals surface area (Å²) >= 11 is 0. The number of hydrogen-bond acceptors (Lipinski definition) is 1. The first-order chi connectivity index (χ1) is 7.26. The first-order valence-electron chi connectivity index (χ1n) is 6.40. The van der Waals surface area contributed by atoms with Gasteiger partial charge in [-0.25, -0.2) is 9.48 Å². The van der Waals surface area contributed by atoms with Crippen molar-refractivity contribution < 1.29 is 4.43 Å². The smallest absolute Gasteiger partial charge is 0.188 e. The molecule has 0 rings (SSSR count). The van der Waals surface area contributed by atoms with E-state index in [1.54, 1.807) is 0 Å². The van der Waals surface area contributed by atoms with Crippen LogP contribution >= 0.6 is 9.48 Å². The van der Waals surface area contributed by atoms with Gasteiger partial charge in [-0.2, -0.15) is 0 Å². The SMILES string of the molecule is CC(C)C[Si](C)(C)OC(C(C)(C)C)S(C)(C)[Si]. The Morgan fingerprint density at radius 3 is 1.82 bits per heavy atom. The Morgan fingerprint density at radius 2 is 1.59 bits per heavy atom. The highest BCUT2D eigenvalue weighted by molar-refractivity contribution is 8.49. The highest BCUT2D eigenvalue weighted by Gasteiger charge is 2.38. The van der Waals surface area contributed by atoms with Crippen LogP contribution in [0.25, 0.3) is 0 Å². The number of hydrogen-bond donors (Lipinski definition) is 0. The third kappa shape index (κ3) is 7.04. The lowest BCUT2D eigenvalue weighted by molar-refractivity contribution is 0.153. The predicted octanol–water partition coefficient (Wildman–Crippen LogP) is 4.38. The summed E-state index contributed by atoms with van der Waals surface area (Å²) in [6.45, 7) is 16.1. The van der Waals surface area contributed by atoms with Gasteiger partial charge in [0, 0.05) is 0 Å². The van der Waals surface area contributed by atoms with Crippen molar-refractivity contribution in [1.82, 2.24) is 0 Å². The molecule has 0 spiro atoms. The van der Waals surface area contributed by atoms with Gasteiger partial charge in [-0.15, -0.1) is 0 Å². The third-order valence-electron chi connectivity index (χ3n) is 2.57. The Labute approximate surface area is 115 Å². The molecule has 0 amide bonds. The van der Waals surface area contributed by atoms with Gasteiger partial charge in [-0.05, 0) is 43.0 Å². The highest BCUT2D eigenvalue weighted by atomic mass is 32.4. The van der Waals surface area contributed by atoms with Gasteiger partial charge in [0.15, 0.2) is 8.32 Å². The van der Waals surface area contributed by atoms with Crippen molar-refractivity contribution in [1.29, 1.82) is 0 Å². The van der Waals surface area contributed by atoms with Gasteiger partial charge >= 0.3 is 0 Å². The van der Waals surface area contributed by atoms with Crippen LogP contribution in [0.3, 0.4) is 0 Å². The normalized spacial score (nSPS) is 17.4. The summed E-state index contributed by atoms with van der Waals surface area (Å²) in [6.07, 6.45) is 4.58. The maximum Gasteiger partial charge on any atom is 0.188 e. The van der Waals surface area contributed by atoms with E-state index in [1.807, 2.05) is 0 Å². The fourth-order valence-corrected chi connectivity index (χ4v) is 10.5. The van der Waals surface area contributed by atoms with Crippen molar-refractivity contribution in [3.8, 4) is 0 Å². The Bertz CT molecular complexity index is 225. The summed E-state index contributed by atoms with van der Waals surface area (Å²) in [6, 6.07) is 1.24. The van der Waals surface area contributed by atoms with Crippen LogP contribution in [0.5, 0.6) is 0 Å². The molecule has 103 valence electrons. The second kappa shape index (κ2) is 5.80. The predicted molar refractivity (Wildman–Crippen MR) is 86.6 cm³/mol. The first-order valence-corrected chi connectivity index (χ1v) is 13.3. The quantitative estimate of drug-likeness (QED) is 0.683. The van der Waals surface area contributed by atoms with Gasteiger partial charge in [0.25, 0.3) is 0 Å². The summed E-state index contributed by atoms with van der Waals surface area (Å²) in [4.78, 5) is 0. The van der Waals surface area contributed by atoms with Crippen LogP contribution in [-0.4, -0.2) is 35.7 Å². The third-order valence-corrected chi connectivity index (χ3v) is 7.93. The Morgan fingerprint density at radius 1 is 1.18 bits per heavy atom. The topological polar surface area (TPSA) is 9.23 Å². The monoisotopic (exact) mass is 291 g/mol. The zero-order chi connectivity index (χ0) is 14.1. The minimum Gasteiger partial charge on any atom is -0.407 e. The maximum atomic E-state index is 6.60. The Hall–Kier alpha value is 0.744. The molecule has 3 radical (unpaired) electrons. The lowest BCUT2D eigenvalue weighted by Crippen LogP contribution is -2.44. The molecule has 1 unspecified atom stereocenters. The largest absolute Gasteiger partial charge is 0.407 e. The molecule has 0 aliphatic carbocycles. The van der Waals surface area contributed by atoms with Gasteiger partial charge in [-0.1, -0.05) is 34.6 Å². The van der Waals surface area contributed by atoms with Gasteiger partial charge in [0.1, 0.15) is 0 Å². The van der Waals surface area contributed by atoms with E-state index >= 15 is 0 Å². The second-order valence-electron chi connectivity index (χ2n) is 7.58. The zero-order valence-corrected chi connectivity index (χ0v) is 16.0. The molecule has 0 heterocycles. The fraction of sp³-hybridized carbons (Fsp3) is 1.00. The number of rotatable bonds is 5. The Kier molecular flexibility index (Phi) is 6.06. The standard InChI is InChI=1S/C13H31OSSi2/c1-11(2)10-17(8,9)14-12(13(3,4)5)15(6,7)16/h11-12H,10H2,1-9H3. The van der Waals surface area contributed by atoms with Crippen LogP contribution in [-0.2, 0) is 4.43 Å². The van der Waals surface area contributed by atoms with Crippen LogP contribution in [0, 0.1) is 11.3 Å². The minimum absolute atomic E-state index is 0.196. The van der Waals surface area contributed by atoms with Crippen LogP contribution in [0.4, 0.5) is 0 Å². The zero-order valence-electron chi connectivity index (χ0n) is 13.2. The van der Waals surface area contributed by atoms with Crippen molar-refractivity contribution in [2.75, 3.05) is 12.5 Å². The van der Waals surface area contributed by atoms with E-state index in [9.17, 15) is 0 Å². The minimum atomic E-state index is -1.56. The molecule has 0 aromatic heterocycles. The molecule has 1 atom stereocenters. The van der Waals surface area contributed by atoms with E-state index in [-0.39, 0.29) is 5.41 Å². The second-order valence-corrected chi connectivity index (χ2v) is 18.1. The molecular formula is C13H31OSSi2. The molecule has 0 saturated heterocycles. The lowest BCUT2D eigenvalue weighted by Gasteiger charge is -2.48. The van der Waals surface area contributed by atoms with Crippen molar-refractivity contribution in [3.63, 3.8) is 0 Å². The van der Waals surface area contributed by atoms with Gasteiger partial charge < -0.3 is 4.43 Å². The van der Waals surface area contributed by atoms with Crippen LogP contribution in [0.15, 0.2) is 0 Å². The summed E-state index contributed by atoms with van der Waals surface area (Å²) in [5.41, 5.74) is 0.522. The van der Waals surface area contributed by atoms with E-state index in [0.717, 1.165) is 5.92 Å². The van der Waals surface area contributed by atoms with Crippen molar-refractivity contribution in [2.24, 2.45) is 11.3 Å². The van der Waals surface area contributed by atoms with Crippen molar-refractivity contribution in [3.05, 3.63) is 0 Å². The summed E-state index contributed by atoms with van der Waals surface area (Å²) in [5, 5.41) is 0. The Balaban J connectivity index is 4.89. The molecule has 0 aliphatic heterocycles. The summed E-state index contributed by atoms with van der Waals surface area (Å²) in [7, 11) is 1.50. The highest BCUT2D eigenvalue weighted by Crippen LogP contribution is 2.50. The molecule has 0 saturated carbocycles. The fourth-order valence-electron chi connectivity index (χ4n) is 2.50. The van der Waals surface area contributed by atoms with Crippen LogP contribution in [0.1, 0.15) is 34.6 Å². The van der Waals surface area contributed by atoms with Gasteiger partial charge in [0.05, 0.1) is 14.8 Å². The van der Waals surface area contributed by atoms with Crippen molar-refractivity contribution in [2.45, 2.75) is 59.2 Å². The van der Waals surface area contributed by atoms with E-state index in [0.29, 0.717) is 5.44 Å². The molecule has 0 aromatic carbocycles. The molecule has 17 heavy (non-hydrogen) atoms. The van der Waals surface area contributed by atoms with E-state index < -0.39 is 17.8 Å². The first kappa shape index (κ1) is 17.7. The molecule has 0 aliphatic rings. The molecule has 4 heteroatoms. The molecule has 0 N–H and O–H groups in total. The lowest BCUT2D eigenvalue weighted by atomic mass is 9.98. The average Bonchev–Trinajstić information content (AvgIpc) is 1.93. The average molecular weight is 292 g/mol. The van der Waals surface area contributed by atoms with E-state index in [2.05, 4.69) is 69.6 Å². The van der Waals surface area contributed by atoms with Crippen molar-refractivity contribution >= 4 is 27.2 Å². The molecular weight excluding hydrogens is 260 g/mol. The molecule has 0 aromatic rings. The van der Waals surface area contributed by atoms with Crippen LogP contribution in [0.2, 0.25) is 19.1 Å². The maximum absolute atomic E-state index is 6.60.